The molecule has 1 rings (SSSR count). The zero-order valence-electron chi connectivity index (χ0n) is 9.35. The minimum Gasteiger partial charge on any atom is -0.384 e. The van der Waals surface area contributed by atoms with Crippen molar-refractivity contribution in [2.75, 3.05) is 6.54 Å². The highest BCUT2D eigenvalue weighted by Gasteiger charge is 2.28. The molecule has 17 heavy (non-hydrogen) atoms. The summed E-state index contributed by atoms with van der Waals surface area (Å²) >= 11 is 3.29. The molecule has 1 atom stereocenters. The monoisotopic (exact) mass is 322 g/mol. The van der Waals surface area contributed by atoms with Crippen LogP contribution in [0.1, 0.15) is 18.9 Å². The summed E-state index contributed by atoms with van der Waals surface area (Å²) in [5.74, 6) is 0. The lowest BCUT2D eigenvalue weighted by Gasteiger charge is -2.27. The molecule has 0 aromatic heterocycles. The maximum atomic E-state index is 10.8. The van der Waals surface area contributed by atoms with Crippen molar-refractivity contribution < 1.29 is 13.5 Å². The fourth-order valence-electron chi connectivity index (χ4n) is 1.41. The van der Waals surface area contributed by atoms with E-state index in [0.717, 1.165) is 4.47 Å². The Labute approximate surface area is 109 Å². The second kappa shape index (κ2) is 5.45. The fraction of sp³-hybridized carbons (Fsp3) is 0.400. The number of hydrogen-bond donors (Lipinski definition) is 3. The van der Waals surface area contributed by atoms with Gasteiger partial charge in [0.15, 0.2) is 0 Å². The minimum atomic E-state index is -3.80. The van der Waals surface area contributed by atoms with Crippen LogP contribution < -0.4 is 9.86 Å². The van der Waals surface area contributed by atoms with Gasteiger partial charge in [0.25, 0.3) is 10.2 Å². The molecule has 0 spiro atoms. The SMILES string of the molecule is CCC(O)(CNS(N)(=O)=O)c1ccc(Br)cc1. The van der Waals surface area contributed by atoms with E-state index in [4.69, 9.17) is 5.14 Å². The van der Waals surface area contributed by atoms with E-state index < -0.39 is 15.8 Å². The first kappa shape index (κ1) is 14.6. The number of aliphatic hydroxyl groups is 1. The van der Waals surface area contributed by atoms with Crippen LogP contribution in [0.15, 0.2) is 28.7 Å². The van der Waals surface area contributed by atoms with Crippen molar-refractivity contribution in [1.29, 1.82) is 0 Å². The van der Waals surface area contributed by atoms with Gasteiger partial charge >= 0.3 is 0 Å². The van der Waals surface area contributed by atoms with Crippen molar-refractivity contribution in [3.63, 3.8) is 0 Å². The van der Waals surface area contributed by atoms with Crippen LogP contribution in [0.2, 0.25) is 0 Å². The zero-order valence-corrected chi connectivity index (χ0v) is 11.8. The van der Waals surface area contributed by atoms with Crippen LogP contribution in [-0.2, 0) is 15.8 Å². The van der Waals surface area contributed by atoms with Gasteiger partial charge in [0.1, 0.15) is 5.60 Å². The van der Waals surface area contributed by atoms with Crippen LogP contribution in [0.25, 0.3) is 0 Å². The highest BCUT2D eigenvalue weighted by Crippen LogP contribution is 2.25. The summed E-state index contributed by atoms with van der Waals surface area (Å²) in [4.78, 5) is 0. The Bertz CT molecular complexity index is 475. The largest absolute Gasteiger partial charge is 0.384 e. The normalized spacial score (nSPS) is 15.5. The third-order valence-corrected chi connectivity index (χ3v) is 3.61. The Morgan fingerprint density at radius 3 is 2.35 bits per heavy atom. The smallest absolute Gasteiger partial charge is 0.274 e. The van der Waals surface area contributed by atoms with Crippen molar-refractivity contribution in [1.82, 2.24) is 4.72 Å². The van der Waals surface area contributed by atoms with Crippen LogP contribution in [0.3, 0.4) is 0 Å². The average molecular weight is 323 g/mol. The van der Waals surface area contributed by atoms with Gasteiger partial charge in [0.05, 0.1) is 0 Å². The van der Waals surface area contributed by atoms with Gasteiger partial charge < -0.3 is 5.11 Å². The standard InChI is InChI=1S/C10H15BrN2O3S/c1-2-10(14,7-13-17(12,15)16)8-3-5-9(11)6-4-8/h3-6,13-14H,2,7H2,1H3,(H2,12,15,16). The Morgan fingerprint density at radius 1 is 1.41 bits per heavy atom. The Hall–Kier alpha value is -0.470. The highest BCUT2D eigenvalue weighted by molar-refractivity contribution is 9.10. The van der Waals surface area contributed by atoms with E-state index >= 15 is 0 Å². The number of halogens is 1. The lowest BCUT2D eigenvalue weighted by molar-refractivity contribution is 0.0380. The molecule has 0 bridgehead atoms. The molecule has 5 nitrogen and oxygen atoms in total. The van der Waals surface area contributed by atoms with Crippen molar-refractivity contribution in [2.24, 2.45) is 5.14 Å². The predicted octanol–water partition coefficient (Wildman–Crippen LogP) is 0.840. The van der Waals surface area contributed by atoms with E-state index in [1.165, 1.54) is 0 Å². The number of nitrogens with two attached hydrogens (primary N) is 1. The molecule has 0 aliphatic rings. The second-order valence-corrected chi connectivity index (χ2v) is 6.05. The van der Waals surface area contributed by atoms with Crippen LogP contribution in [0.5, 0.6) is 0 Å². The number of hydrogen-bond acceptors (Lipinski definition) is 3. The summed E-state index contributed by atoms with van der Waals surface area (Å²) in [6, 6.07) is 7.04. The van der Waals surface area contributed by atoms with Gasteiger partial charge in [0, 0.05) is 11.0 Å². The summed E-state index contributed by atoms with van der Waals surface area (Å²) in [6.45, 7) is 1.62. The van der Waals surface area contributed by atoms with Crippen molar-refractivity contribution in [2.45, 2.75) is 18.9 Å². The van der Waals surface area contributed by atoms with Crippen LogP contribution >= 0.6 is 15.9 Å². The molecule has 0 heterocycles. The van der Waals surface area contributed by atoms with E-state index in [0.29, 0.717) is 12.0 Å². The molecule has 1 aromatic carbocycles. The molecule has 0 saturated heterocycles. The molecule has 0 fully saturated rings. The highest BCUT2D eigenvalue weighted by atomic mass is 79.9. The molecule has 0 amide bonds. The van der Waals surface area contributed by atoms with E-state index in [1.54, 1.807) is 31.2 Å². The molecule has 0 saturated carbocycles. The minimum absolute atomic E-state index is 0.149. The first-order valence-corrected chi connectivity index (χ1v) is 7.36. The maximum absolute atomic E-state index is 10.8. The lowest BCUT2D eigenvalue weighted by atomic mass is 9.91. The third kappa shape index (κ3) is 4.36. The Balaban J connectivity index is 2.91. The number of benzene rings is 1. The molecule has 7 heteroatoms. The van der Waals surface area contributed by atoms with Crippen molar-refractivity contribution in [3.05, 3.63) is 34.3 Å². The average Bonchev–Trinajstić information content (AvgIpc) is 2.26. The summed E-state index contributed by atoms with van der Waals surface area (Å²) in [5.41, 5.74) is -0.619. The van der Waals surface area contributed by atoms with Crippen molar-refractivity contribution in [3.8, 4) is 0 Å². The van der Waals surface area contributed by atoms with Gasteiger partial charge in [-0.3, -0.25) is 0 Å². The van der Waals surface area contributed by atoms with Gasteiger partial charge in [-0.25, -0.2) is 5.14 Å². The molecule has 4 N–H and O–H groups in total. The summed E-state index contributed by atoms with van der Waals surface area (Å²) in [7, 11) is -3.80. The van der Waals surface area contributed by atoms with Gasteiger partial charge in [-0.1, -0.05) is 35.0 Å². The van der Waals surface area contributed by atoms with Crippen LogP contribution in [0, 0.1) is 0 Å². The molecule has 0 aliphatic heterocycles. The van der Waals surface area contributed by atoms with Gasteiger partial charge in [-0.15, -0.1) is 0 Å². The fourth-order valence-corrected chi connectivity index (χ4v) is 2.12. The van der Waals surface area contributed by atoms with Crippen LogP contribution in [0.4, 0.5) is 0 Å². The summed E-state index contributed by atoms with van der Waals surface area (Å²) < 4.78 is 24.7. The van der Waals surface area contributed by atoms with E-state index in [1.807, 2.05) is 0 Å². The number of nitrogens with one attached hydrogen (secondary N) is 1. The molecular formula is C10H15BrN2O3S. The van der Waals surface area contributed by atoms with Gasteiger partial charge in [0.2, 0.25) is 0 Å². The summed E-state index contributed by atoms with van der Waals surface area (Å²) in [5, 5.41) is 15.2. The Kier molecular flexibility index (Phi) is 4.68. The summed E-state index contributed by atoms with van der Waals surface area (Å²) in [6.07, 6.45) is 0.372. The quantitative estimate of drug-likeness (QED) is 0.750. The van der Waals surface area contributed by atoms with Crippen molar-refractivity contribution >= 4 is 26.1 Å². The second-order valence-electron chi connectivity index (χ2n) is 3.76. The molecule has 0 radical (unpaired) electrons. The van der Waals surface area contributed by atoms with E-state index in [2.05, 4.69) is 20.7 Å². The molecule has 96 valence electrons. The predicted molar refractivity (Wildman–Crippen MR) is 69.4 cm³/mol. The third-order valence-electron chi connectivity index (χ3n) is 2.53. The van der Waals surface area contributed by atoms with E-state index in [9.17, 15) is 13.5 Å². The van der Waals surface area contributed by atoms with Gasteiger partial charge in [-0.2, -0.15) is 13.1 Å². The maximum Gasteiger partial charge on any atom is 0.274 e. The van der Waals surface area contributed by atoms with Crippen LogP contribution in [-0.4, -0.2) is 20.1 Å². The number of rotatable bonds is 5. The lowest BCUT2D eigenvalue weighted by Crippen LogP contribution is -2.42. The zero-order chi connectivity index (χ0) is 13.1. The molecule has 0 aliphatic carbocycles. The van der Waals surface area contributed by atoms with E-state index in [-0.39, 0.29) is 6.54 Å². The molecule has 1 aromatic rings. The molecule has 1 unspecified atom stereocenters. The Morgan fingerprint density at radius 2 is 1.94 bits per heavy atom. The van der Waals surface area contributed by atoms with Gasteiger partial charge in [-0.05, 0) is 24.1 Å². The topological polar surface area (TPSA) is 92.4 Å². The molecular weight excluding hydrogens is 308 g/mol. The first-order valence-electron chi connectivity index (χ1n) is 5.02. The first-order chi connectivity index (χ1) is 7.77.